The van der Waals surface area contributed by atoms with Crippen LogP contribution in [0.2, 0.25) is 0 Å². The molecule has 0 aromatic heterocycles. The van der Waals surface area contributed by atoms with E-state index in [2.05, 4.69) is 5.32 Å². The number of halogens is 3. The van der Waals surface area contributed by atoms with E-state index in [0.717, 1.165) is 0 Å². The molecule has 0 spiro atoms. The lowest BCUT2D eigenvalue weighted by molar-refractivity contribution is -0.384. The largest absolute Gasteiger partial charge is 0.373 e. The van der Waals surface area contributed by atoms with Crippen LogP contribution in [0.3, 0.4) is 0 Å². The molecule has 1 aromatic rings. The molecular formula is C15H18Cl3N3O4. The average molecular weight is 411 g/mol. The second kappa shape index (κ2) is 8.05. The standard InChI is InChI=1S/C15H18Cl3N3O4/c1-9-7-20(8-10(2)25-9)14(15(16,17)18)19-13(22)11-3-5-12(6-4-11)21(23)24/h3-6,9-10,14H,7-8H2,1-2H3,(H,19,22)/t9-,10+,14-/m0/s1. The van der Waals surface area contributed by atoms with Crippen LogP contribution in [0.5, 0.6) is 0 Å². The minimum atomic E-state index is -1.76. The van der Waals surface area contributed by atoms with Crippen LogP contribution in [0.25, 0.3) is 0 Å². The summed E-state index contributed by atoms with van der Waals surface area (Å²) in [6.45, 7) is 4.78. The molecule has 0 unspecified atom stereocenters. The number of benzene rings is 1. The number of nitrogens with one attached hydrogen (secondary N) is 1. The van der Waals surface area contributed by atoms with Crippen LogP contribution in [0, 0.1) is 10.1 Å². The fourth-order valence-electron chi connectivity index (χ4n) is 2.75. The van der Waals surface area contributed by atoms with E-state index in [1.807, 2.05) is 18.7 Å². The lowest BCUT2D eigenvalue weighted by atomic mass is 10.2. The fourth-order valence-corrected chi connectivity index (χ4v) is 3.33. The molecule has 0 aliphatic carbocycles. The van der Waals surface area contributed by atoms with Crippen molar-refractivity contribution in [2.45, 2.75) is 36.0 Å². The van der Waals surface area contributed by atoms with Gasteiger partial charge in [0.1, 0.15) is 6.17 Å². The number of amides is 1. The summed E-state index contributed by atoms with van der Waals surface area (Å²) >= 11 is 18.2. The van der Waals surface area contributed by atoms with Crippen LogP contribution in [0.1, 0.15) is 24.2 Å². The van der Waals surface area contributed by atoms with Crippen LogP contribution in [0.15, 0.2) is 24.3 Å². The number of alkyl halides is 3. The van der Waals surface area contributed by atoms with E-state index in [0.29, 0.717) is 13.1 Å². The molecule has 1 aliphatic heterocycles. The number of morpholine rings is 1. The molecule has 138 valence electrons. The first kappa shape index (κ1) is 20.2. The number of rotatable bonds is 4. The molecule has 0 bridgehead atoms. The Labute approximate surface area is 160 Å². The van der Waals surface area contributed by atoms with Crippen molar-refractivity contribution in [2.24, 2.45) is 0 Å². The smallest absolute Gasteiger partial charge is 0.269 e. The average Bonchev–Trinajstić information content (AvgIpc) is 2.50. The zero-order valence-corrected chi connectivity index (χ0v) is 15.9. The molecule has 3 atom stereocenters. The van der Waals surface area contributed by atoms with Crippen molar-refractivity contribution in [3.05, 3.63) is 39.9 Å². The zero-order chi connectivity index (χ0) is 18.8. The first-order valence-corrected chi connectivity index (χ1v) is 8.73. The summed E-state index contributed by atoms with van der Waals surface area (Å²) in [5.74, 6) is -0.488. The molecule has 7 nitrogen and oxygen atoms in total. The Balaban J connectivity index is 2.16. The number of nitro benzene ring substituents is 1. The molecule has 2 rings (SSSR count). The third-order valence-corrected chi connectivity index (χ3v) is 4.35. The highest BCUT2D eigenvalue weighted by Gasteiger charge is 2.41. The Hall–Kier alpha value is -1.12. The summed E-state index contributed by atoms with van der Waals surface area (Å²) in [6.07, 6.45) is -1.02. The molecule has 10 heteroatoms. The summed E-state index contributed by atoms with van der Waals surface area (Å²) in [6, 6.07) is 5.21. The number of non-ortho nitro benzene ring substituents is 1. The quantitative estimate of drug-likeness (QED) is 0.468. The summed E-state index contributed by atoms with van der Waals surface area (Å²) in [7, 11) is 0. The fraction of sp³-hybridized carbons (Fsp3) is 0.533. The SMILES string of the molecule is C[C@@H]1CN([C@H](NC(=O)c2ccc([N+](=O)[O-])cc2)C(Cl)(Cl)Cl)C[C@H](C)O1. The monoisotopic (exact) mass is 409 g/mol. The highest BCUT2D eigenvalue weighted by atomic mass is 35.6. The third kappa shape index (κ3) is 5.43. The van der Waals surface area contributed by atoms with Gasteiger partial charge < -0.3 is 10.1 Å². The highest BCUT2D eigenvalue weighted by molar-refractivity contribution is 6.68. The lowest BCUT2D eigenvalue weighted by Gasteiger charge is -2.42. The van der Waals surface area contributed by atoms with Crippen molar-refractivity contribution in [1.29, 1.82) is 0 Å². The number of carbonyl (C=O) groups is 1. The van der Waals surface area contributed by atoms with Gasteiger partial charge in [-0.25, -0.2) is 0 Å². The molecule has 1 fully saturated rings. The zero-order valence-electron chi connectivity index (χ0n) is 13.6. The number of hydrogen-bond donors (Lipinski definition) is 1. The van der Waals surface area contributed by atoms with E-state index in [9.17, 15) is 14.9 Å². The van der Waals surface area contributed by atoms with Crippen molar-refractivity contribution in [3.8, 4) is 0 Å². The predicted octanol–water partition coefficient (Wildman–Crippen LogP) is 3.13. The molecule has 25 heavy (non-hydrogen) atoms. The molecule has 1 amide bonds. The van der Waals surface area contributed by atoms with Gasteiger partial charge in [0.2, 0.25) is 3.79 Å². The van der Waals surface area contributed by atoms with Gasteiger partial charge in [-0.15, -0.1) is 0 Å². The maximum Gasteiger partial charge on any atom is 0.269 e. The molecule has 0 saturated carbocycles. The van der Waals surface area contributed by atoms with Crippen LogP contribution in [0.4, 0.5) is 5.69 Å². The molecule has 1 heterocycles. The normalized spacial score (nSPS) is 23.1. The maximum atomic E-state index is 12.5. The van der Waals surface area contributed by atoms with E-state index in [4.69, 9.17) is 39.5 Å². The van der Waals surface area contributed by atoms with Crippen molar-refractivity contribution >= 4 is 46.4 Å². The lowest BCUT2D eigenvalue weighted by Crippen LogP contribution is -2.60. The van der Waals surface area contributed by atoms with Gasteiger partial charge in [0, 0.05) is 30.8 Å². The summed E-state index contributed by atoms with van der Waals surface area (Å²) in [5, 5.41) is 13.4. The Bertz CT molecular complexity index is 626. The summed E-state index contributed by atoms with van der Waals surface area (Å²) < 4.78 is 3.90. The van der Waals surface area contributed by atoms with Crippen LogP contribution in [-0.2, 0) is 4.74 Å². The predicted molar refractivity (Wildman–Crippen MR) is 96.2 cm³/mol. The Morgan fingerprint density at radius 3 is 2.24 bits per heavy atom. The number of nitrogens with zero attached hydrogens (tertiary/aromatic N) is 2. The van der Waals surface area contributed by atoms with Gasteiger partial charge in [0.25, 0.3) is 11.6 Å². The van der Waals surface area contributed by atoms with Gasteiger partial charge in [0.15, 0.2) is 0 Å². The van der Waals surface area contributed by atoms with E-state index < -0.39 is 20.8 Å². The molecule has 1 saturated heterocycles. The van der Waals surface area contributed by atoms with Gasteiger partial charge >= 0.3 is 0 Å². The number of hydrogen-bond acceptors (Lipinski definition) is 5. The Morgan fingerprint density at radius 1 is 1.28 bits per heavy atom. The van der Waals surface area contributed by atoms with Gasteiger partial charge in [-0.3, -0.25) is 19.8 Å². The van der Waals surface area contributed by atoms with Crippen molar-refractivity contribution in [3.63, 3.8) is 0 Å². The van der Waals surface area contributed by atoms with E-state index >= 15 is 0 Å². The second-order valence-electron chi connectivity index (χ2n) is 5.93. The number of ether oxygens (including phenoxy) is 1. The van der Waals surface area contributed by atoms with Gasteiger partial charge in [-0.1, -0.05) is 34.8 Å². The maximum absolute atomic E-state index is 12.5. The molecule has 0 radical (unpaired) electrons. The molecule has 1 aliphatic rings. The Kier molecular flexibility index (Phi) is 6.51. The minimum absolute atomic E-state index is 0.0742. The molecular weight excluding hydrogens is 393 g/mol. The van der Waals surface area contributed by atoms with E-state index in [1.165, 1.54) is 24.3 Å². The third-order valence-electron chi connectivity index (χ3n) is 3.73. The van der Waals surface area contributed by atoms with Crippen LogP contribution in [-0.4, -0.2) is 51.0 Å². The topological polar surface area (TPSA) is 84.7 Å². The van der Waals surface area contributed by atoms with Crippen LogP contribution >= 0.6 is 34.8 Å². The molecule has 1 aromatic carbocycles. The minimum Gasteiger partial charge on any atom is -0.373 e. The summed E-state index contributed by atoms with van der Waals surface area (Å²) in [5.41, 5.74) is 0.129. The number of nitro groups is 1. The van der Waals surface area contributed by atoms with Crippen LogP contribution < -0.4 is 5.32 Å². The van der Waals surface area contributed by atoms with Gasteiger partial charge in [-0.2, -0.15) is 0 Å². The van der Waals surface area contributed by atoms with Crippen molar-refractivity contribution in [1.82, 2.24) is 10.2 Å². The van der Waals surface area contributed by atoms with E-state index in [-0.39, 0.29) is 23.5 Å². The molecule has 1 N–H and O–H groups in total. The number of carbonyl (C=O) groups excluding carboxylic acids is 1. The first-order valence-electron chi connectivity index (χ1n) is 7.59. The van der Waals surface area contributed by atoms with Crippen molar-refractivity contribution in [2.75, 3.05) is 13.1 Å². The first-order chi connectivity index (χ1) is 11.6. The van der Waals surface area contributed by atoms with E-state index in [1.54, 1.807) is 0 Å². The Morgan fingerprint density at radius 2 is 1.80 bits per heavy atom. The highest BCUT2D eigenvalue weighted by Crippen LogP contribution is 2.33. The second-order valence-corrected chi connectivity index (χ2v) is 8.30. The van der Waals surface area contributed by atoms with Gasteiger partial charge in [0.05, 0.1) is 17.1 Å². The van der Waals surface area contributed by atoms with Crippen molar-refractivity contribution < 1.29 is 14.5 Å². The van der Waals surface area contributed by atoms with Gasteiger partial charge in [-0.05, 0) is 26.0 Å². The summed E-state index contributed by atoms with van der Waals surface area (Å²) in [4.78, 5) is 24.5.